The number of carbonyl (C=O) groups is 1. The summed E-state index contributed by atoms with van der Waals surface area (Å²) in [5, 5.41) is 0. The molecule has 2 aliphatic rings. The first-order valence-electron chi connectivity index (χ1n) is 8.66. The number of aromatic nitrogens is 1. The van der Waals surface area contributed by atoms with Gasteiger partial charge in [0.25, 0.3) is 0 Å². The first kappa shape index (κ1) is 15.5. The van der Waals surface area contributed by atoms with Gasteiger partial charge in [-0.25, -0.2) is 0 Å². The summed E-state index contributed by atoms with van der Waals surface area (Å²) in [7, 11) is 0. The maximum atomic E-state index is 12.5. The summed E-state index contributed by atoms with van der Waals surface area (Å²) in [5.74, 6) is 2.16. The van der Waals surface area contributed by atoms with E-state index >= 15 is 0 Å². The minimum absolute atomic E-state index is 0.0126. The normalized spacial score (nSPS) is 34.5. The molecule has 2 fully saturated rings. The summed E-state index contributed by atoms with van der Waals surface area (Å²) in [6.45, 7) is 6.76. The summed E-state index contributed by atoms with van der Waals surface area (Å²) in [4.78, 5) is 16.6. The Labute approximate surface area is 133 Å². The van der Waals surface area contributed by atoms with E-state index in [2.05, 4.69) is 31.8 Å². The Balaban J connectivity index is 1.59. The molecule has 5 atom stereocenters. The predicted molar refractivity (Wildman–Crippen MR) is 86.3 cm³/mol. The van der Waals surface area contributed by atoms with Crippen molar-refractivity contribution in [3.05, 3.63) is 30.1 Å². The second-order valence-electron chi connectivity index (χ2n) is 7.54. The van der Waals surface area contributed by atoms with Crippen molar-refractivity contribution in [2.24, 2.45) is 23.7 Å². The maximum absolute atomic E-state index is 12.5. The number of pyridine rings is 1. The fourth-order valence-electron chi connectivity index (χ4n) is 3.91. The van der Waals surface area contributed by atoms with Crippen molar-refractivity contribution in [1.82, 2.24) is 4.98 Å². The molecular formula is C19H27NO2. The highest BCUT2D eigenvalue weighted by Gasteiger charge is 2.47. The van der Waals surface area contributed by atoms with Gasteiger partial charge in [0.15, 0.2) is 0 Å². The molecule has 0 N–H and O–H groups in total. The fourth-order valence-corrected chi connectivity index (χ4v) is 3.91. The van der Waals surface area contributed by atoms with Gasteiger partial charge >= 0.3 is 5.97 Å². The standard InChI is InChI=1S/C19H27NO2/c1-12(2)15-7-6-13(3)9-18(15)22-19(21)17-10-16(17)14-5-4-8-20-11-14/h4-5,8,11-13,15-18H,6-7,9-10H2,1-3H3. The minimum atomic E-state index is 0.0126. The molecule has 1 heterocycles. The van der Waals surface area contributed by atoms with Crippen molar-refractivity contribution >= 4 is 5.97 Å². The van der Waals surface area contributed by atoms with E-state index < -0.39 is 0 Å². The second-order valence-corrected chi connectivity index (χ2v) is 7.54. The van der Waals surface area contributed by atoms with Gasteiger partial charge in [-0.3, -0.25) is 9.78 Å². The lowest BCUT2D eigenvalue weighted by Gasteiger charge is -2.36. The van der Waals surface area contributed by atoms with Gasteiger partial charge in [-0.15, -0.1) is 0 Å². The maximum Gasteiger partial charge on any atom is 0.309 e. The highest BCUT2D eigenvalue weighted by atomic mass is 16.5. The quantitative estimate of drug-likeness (QED) is 0.783. The van der Waals surface area contributed by atoms with Crippen molar-refractivity contribution < 1.29 is 9.53 Å². The highest BCUT2D eigenvalue weighted by Crippen LogP contribution is 2.48. The Morgan fingerprint density at radius 1 is 1.32 bits per heavy atom. The van der Waals surface area contributed by atoms with Gasteiger partial charge in [0.2, 0.25) is 0 Å². The monoisotopic (exact) mass is 301 g/mol. The van der Waals surface area contributed by atoms with Crippen molar-refractivity contribution in [3.63, 3.8) is 0 Å². The summed E-state index contributed by atoms with van der Waals surface area (Å²) < 4.78 is 5.95. The molecule has 2 aliphatic carbocycles. The fraction of sp³-hybridized carbons (Fsp3) is 0.684. The molecule has 0 bridgehead atoms. The van der Waals surface area contributed by atoms with E-state index in [-0.39, 0.29) is 18.0 Å². The summed E-state index contributed by atoms with van der Waals surface area (Å²) in [6, 6.07) is 4.00. The Kier molecular flexibility index (Phi) is 4.51. The van der Waals surface area contributed by atoms with Crippen LogP contribution in [0.3, 0.4) is 0 Å². The molecule has 3 nitrogen and oxygen atoms in total. The third-order valence-electron chi connectivity index (χ3n) is 5.43. The molecule has 0 aromatic carbocycles. The molecule has 3 heteroatoms. The Morgan fingerprint density at radius 3 is 2.82 bits per heavy atom. The molecule has 0 radical (unpaired) electrons. The molecule has 0 spiro atoms. The molecule has 1 aromatic heterocycles. The molecule has 2 saturated carbocycles. The first-order valence-corrected chi connectivity index (χ1v) is 8.66. The molecule has 3 rings (SSSR count). The van der Waals surface area contributed by atoms with Crippen LogP contribution in [0.4, 0.5) is 0 Å². The summed E-state index contributed by atoms with van der Waals surface area (Å²) in [6.07, 6.45) is 8.16. The van der Waals surface area contributed by atoms with Crippen LogP contribution in [0.2, 0.25) is 0 Å². The summed E-state index contributed by atoms with van der Waals surface area (Å²) >= 11 is 0. The third-order valence-corrected chi connectivity index (χ3v) is 5.43. The van der Waals surface area contributed by atoms with Gasteiger partial charge < -0.3 is 4.74 Å². The lowest BCUT2D eigenvalue weighted by Crippen LogP contribution is -2.36. The second kappa shape index (κ2) is 6.39. The number of nitrogens with zero attached hydrogens (tertiary/aromatic N) is 1. The molecular weight excluding hydrogens is 274 g/mol. The largest absolute Gasteiger partial charge is 0.462 e. The number of esters is 1. The predicted octanol–water partition coefficient (Wildman–Crippen LogP) is 4.19. The molecule has 22 heavy (non-hydrogen) atoms. The Hall–Kier alpha value is -1.38. The van der Waals surface area contributed by atoms with Crippen LogP contribution in [-0.4, -0.2) is 17.1 Å². The van der Waals surface area contributed by atoms with Gasteiger partial charge in [0, 0.05) is 12.4 Å². The van der Waals surface area contributed by atoms with E-state index in [4.69, 9.17) is 4.74 Å². The van der Waals surface area contributed by atoms with Crippen LogP contribution in [0.15, 0.2) is 24.5 Å². The van der Waals surface area contributed by atoms with E-state index in [0.717, 1.165) is 12.8 Å². The highest BCUT2D eigenvalue weighted by molar-refractivity contribution is 5.77. The van der Waals surface area contributed by atoms with Gasteiger partial charge in [0.1, 0.15) is 6.10 Å². The topological polar surface area (TPSA) is 39.2 Å². The van der Waals surface area contributed by atoms with Crippen molar-refractivity contribution in [3.8, 4) is 0 Å². The Morgan fingerprint density at radius 2 is 2.14 bits per heavy atom. The lowest BCUT2D eigenvalue weighted by atomic mass is 9.75. The van der Waals surface area contributed by atoms with Crippen LogP contribution in [-0.2, 0) is 9.53 Å². The zero-order valence-electron chi connectivity index (χ0n) is 13.9. The lowest BCUT2D eigenvalue weighted by molar-refractivity contribution is -0.157. The van der Waals surface area contributed by atoms with E-state index in [1.165, 1.54) is 18.4 Å². The van der Waals surface area contributed by atoms with Crippen LogP contribution in [0.25, 0.3) is 0 Å². The molecule has 120 valence electrons. The van der Waals surface area contributed by atoms with Crippen LogP contribution in [0.5, 0.6) is 0 Å². The first-order chi connectivity index (χ1) is 10.6. The molecule has 0 amide bonds. The molecule has 1 aromatic rings. The van der Waals surface area contributed by atoms with Crippen molar-refractivity contribution in [2.75, 3.05) is 0 Å². The van der Waals surface area contributed by atoms with Crippen LogP contribution < -0.4 is 0 Å². The van der Waals surface area contributed by atoms with E-state index in [1.807, 2.05) is 12.3 Å². The number of hydrogen-bond donors (Lipinski definition) is 0. The number of ether oxygens (including phenoxy) is 1. The van der Waals surface area contributed by atoms with E-state index in [0.29, 0.717) is 23.7 Å². The average molecular weight is 301 g/mol. The van der Waals surface area contributed by atoms with Gasteiger partial charge in [-0.05, 0) is 54.6 Å². The third kappa shape index (κ3) is 3.34. The van der Waals surface area contributed by atoms with Gasteiger partial charge in [0.05, 0.1) is 5.92 Å². The molecule has 0 aliphatic heterocycles. The number of rotatable bonds is 4. The molecule has 0 saturated heterocycles. The average Bonchev–Trinajstić information content (AvgIpc) is 3.28. The number of hydrogen-bond acceptors (Lipinski definition) is 3. The smallest absolute Gasteiger partial charge is 0.309 e. The SMILES string of the molecule is CC1CCC(C(C)C)C(OC(=O)C2CC2c2cccnc2)C1. The van der Waals surface area contributed by atoms with E-state index in [9.17, 15) is 4.79 Å². The molecule has 5 unspecified atom stereocenters. The van der Waals surface area contributed by atoms with Crippen LogP contribution in [0, 0.1) is 23.7 Å². The van der Waals surface area contributed by atoms with Crippen LogP contribution in [0.1, 0.15) is 57.9 Å². The Bertz CT molecular complexity index is 513. The van der Waals surface area contributed by atoms with Crippen molar-refractivity contribution in [2.45, 2.75) is 58.5 Å². The zero-order chi connectivity index (χ0) is 15.7. The minimum Gasteiger partial charge on any atom is -0.462 e. The summed E-state index contributed by atoms with van der Waals surface area (Å²) in [5.41, 5.74) is 1.17. The van der Waals surface area contributed by atoms with Crippen LogP contribution >= 0.6 is 0 Å². The van der Waals surface area contributed by atoms with Gasteiger partial charge in [-0.2, -0.15) is 0 Å². The zero-order valence-corrected chi connectivity index (χ0v) is 13.9. The van der Waals surface area contributed by atoms with Crippen molar-refractivity contribution in [1.29, 1.82) is 0 Å². The number of carbonyl (C=O) groups excluding carboxylic acids is 1. The van der Waals surface area contributed by atoms with Gasteiger partial charge in [-0.1, -0.05) is 33.3 Å². The van der Waals surface area contributed by atoms with E-state index in [1.54, 1.807) is 6.20 Å².